The fourth-order valence-electron chi connectivity index (χ4n) is 2.44. The number of aliphatic hydroxyl groups is 1. The van der Waals surface area contributed by atoms with Crippen molar-refractivity contribution in [2.45, 2.75) is 13.8 Å². The molecule has 2 aromatic rings. The smallest absolute Gasteiger partial charge is 0.269 e. The number of para-hydroxylation sites is 1. The molecule has 6 heteroatoms. The van der Waals surface area contributed by atoms with Crippen molar-refractivity contribution in [2.24, 2.45) is 0 Å². The summed E-state index contributed by atoms with van der Waals surface area (Å²) in [6.45, 7) is 3.08. The number of rotatable bonds is 1. The van der Waals surface area contributed by atoms with Gasteiger partial charge in [0.1, 0.15) is 5.69 Å². The van der Waals surface area contributed by atoms with Gasteiger partial charge in [-0.15, -0.1) is 0 Å². The number of carbonyl (C=O) groups is 2. The van der Waals surface area contributed by atoms with Gasteiger partial charge in [-0.05, 0) is 19.1 Å². The molecule has 1 aromatic carbocycles. The predicted octanol–water partition coefficient (Wildman–Crippen LogP) is 2.04. The average Bonchev–Trinajstić information content (AvgIpc) is 2.98. The number of nitrogens with zero attached hydrogens (tertiary/aromatic N) is 2. The SMILES string of the molecule is CC(=O)N1C(=O)/C(=C(/O)c2cc(C)n[nH]2)c2ccccc21. The third kappa shape index (κ3) is 1.92. The second kappa shape index (κ2) is 4.59. The number of aromatic nitrogens is 2. The van der Waals surface area contributed by atoms with Crippen molar-refractivity contribution in [1.29, 1.82) is 0 Å². The lowest BCUT2D eigenvalue weighted by Gasteiger charge is -2.11. The Bertz CT molecular complexity index is 789. The van der Waals surface area contributed by atoms with Crippen LogP contribution in [0.15, 0.2) is 30.3 Å². The van der Waals surface area contributed by atoms with Crippen LogP contribution in [0.4, 0.5) is 5.69 Å². The van der Waals surface area contributed by atoms with Gasteiger partial charge in [0.2, 0.25) is 5.91 Å². The van der Waals surface area contributed by atoms with Gasteiger partial charge in [0.25, 0.3) is 5.91 Å². The van der Waals surface area contributed by atoms with E-state index in [1.807, 2.05) is 0 Å². The third-order valence-electron chi connectivity index (χ3n) is 3.34. The zero-order valence-electron chi connectivity index (χ0n) is 11.5. The van der Waals surface area contributed by atoms with Crippen LogP contribution in [0, 0.1) is 6.92 Å². The van der Waals surface area contributed by atoms with E-state index in [0.29, 0.717) is 22.6 Å². The molecule has 0 saturated carbocycles. The van der Waals surface area contributed by atoms with E-state index in [9.17, 15) is 14.7 Å². The summed E-state index contributed by atoms with van der Waals surface area (Å²) in [4.78, 5) is 25.2. The highest BCUT2D eigenvalue weighted by Crippen LogP contribution is 2.39. The number of anilines is 1. The molecular formula is C15H13N3O3. The number of amides is 2. The minimum absolute atomic E-state index is 0.101. The van der Waals surface area contributed by atoms with Gasteiger partial charge in [-0.25, -0.2) is 4.90 Å². The molecule has 1 aromatic heterocycles. The van der Waals surface area contributed by atoms with E-state index < -0.39 is 11.8 Å². The fourth-order valence-corrected chi connectivity index (χ4v) is 2.44. The highest BCUT2D eigenvalue weighted by molar-refractivity contribution is 6.42. The van der Waals surface area contributed by atoms with Crippen LogP contribution in [0.2, 0.25) is 0 Å². The number of hydrogen-bond donors (Lipinski definition) is 2. The summed E-state index contributed by atoms with van der Waals surface area (Å²) in [6.07, 6.45) is 0. The number of benzene rings is 1. The van der Waals surface area contributed by atoms with Crippen molar-refractivity contribution < 1.29 is 14.7 Å². The minimum atomic E-state index is -0.534. The molecule has 0 atom stereocenters. The van der Waals surface area contributed by atoms with Crippen molar-refractivity contribution in [3.05, 3.63) is 47.3 Å². The fraction of sp³-hybridized carbons (Fsp3) is 0.133. The lowest BCUT2D eigenvalue weighted by molar-refractivity contribution is -0.122. The Morgan fingerprint density at radius 3 is 2.67 bits per heavy atom. The highest BCUT2D eigenvalue weighted by Gasteiger charge is 2.37. The molecule has 21 heavy (non-hydrogen) atoms. The molecule has 6 nitrogen and oxygen atoms in total. The Balaban J connectivity index is 2.24. The number of fused-ring (bicyclic) bond motifs is 1. The van der Waals surface area contributed by atoms with E-state index in [0.717, 1.165) is 4.90 Å². The third-order valence-corrected chi connectivity index (χ3v) is 3.34. The number of H-pyrrole nitrogens is 1. The zero-order chi connectivity index (χ0) is 15.1. The van der Waals surface area contributed by atoms with Crippen molar-refractivity contribution in [2.75, 3.05) is 4.90 Å². The molecule has 2 heterocycles. The Morgan fingerprint density at radius 2 is 2.05 bits per heavy atom. The monoisotopic (exact) mass is 283 g/mol. The zero-order valence-corrected chi connectivity index (χ0v) is 11.5. The molecule has 0 saturated heterocycles. The van der Waals surface area contributed by atoms with Gasteiger partial charge in [0, 0.05) is 12.5 Å². The standard InChI is InChI=1S/C15H13N3O3/c1-8-7-11(17-16-8)14(20)13-10-5-3-4-6-12(10)18(9(2)19)15(13)21/h3-7,20H,1-2H3,(H,16,17)/b14-13+. The molecule has 2 amide bonds. The Hall–Kier alpha value is -2.89. The average molecular weight is 283 g/mol. The van der Waals surface area contributed by atoms with Gasteiger partial charge in [-0.2, -0.15) is 5.10 Å². The van der Waals surface area contributed by atoms with Crippen LogP contribution in [-0.2, 0) is 9.59 Å². The van der Waals surface area contributed by atoms with Crippen LogP contribution in [-0.4, -0.2) is 27.1 Å². The molecule has 3 rings (SSSR count). The summed E-state index contributed by atoms with van der Waals surface area (Å²) in [6, 6.07) is 8.50. The quantitative estimate of drug-likeness (QED) is 0.619. The first-order valence-electron chi connectivity index (χ1n) is 6.40. The van der Waals surface area contributed by atoms with Crippen LogP contribution < -0.4 is 4.90 Å². The number of aryl methyl sites for hydroxylation is 1. The van der Waals surface area contributed by atoms with Crippen LogP contribution >= 0.6 is 0 Å². The topological polar surface area (TPSA) is 86.3 Å². The number of imide groups is 1. The molecule has 2 N–H and O–H groups in total. The van der Waals surface area contributed by atoms with E-state index >= 15 is 0 Å². The molecule has 1 aliphatic heterocycles. The summed E-state index contributed by atoms with van der Waals surface area (Å²) in [5, 5.41) is 17.0. The number of nitrogens with one attached hydrogen (secondary N) is 1. The first-order chi connectivity index (χ1) is 10.0. The molecule has 0 fully saturated rings. The Labute approximate surface area is 120 Å². The van der Waals surface area contributed by atoms with Gasteiger partial charge in [-0.3, -0.25) is 14.7 Å². The van der Waals surface area contributed by atoms with E-state index in [-0.39, 0.29) is 11.3 Å². The lowest BCUT2D eigenvalue weighted by Crippen LogP contribution is -2.31. The second-order valence-electron chi connectivity index (χ2n) is 4.82. The summed E-state index contributed by atoms with van der Waals surface area (Å²) in [5.41, 5.74) is 2.15. The van der Waals surface area contributed by atoms with Crippen LogP contribution in [0.25, 0.3) is 11.3 Å². The van der Waals surface area contributed by atoms with Gasteiger partial charge in [0.05, 0.1) is 17.0 Å². The van der Waals surface area contributed by atoms with Gasteiger partial charge in [0.15, 0.2) is 5.76 Å². The van der Waals surface area contributed by atoms with Crippen molar-refractivity contribution in [3.63, 3.8) is 0 Å². The Morgan fingerprint density at radius 1 is 1.33 bits per heavy atom. The molecule has 106 valence electrons. The minimum Gasteiger partial charge on any atom is -0.505 e. The largest absolute Gasteiger partial charge is 0.505 e. The molecular weight excluding hydrogens is 270 g/mol. The number of aromatic amines is 1. The number of aliphatic hydroxyl groups excluding tert-OH is 1. The van der Waals surface area contributed by atoms with Crippen molar-refractivity contribution in [3.8, 4) is 0 Å². The highest BCUT2D eigenvalue weighted by atomic mass is 16.3. The summed E-state index contributed by atoms with van der Waals surface area (Å²) in [7, 11) is 0. The number of hydrogen-bond acceptors (Lipinski definition) is 4. The summed E-state index contributed by atoms with van der Waals surface area (Å²) in [5.74, 6) is -1.14. The van der Waals surface area contributed by atoms with E-state index in [4.69, 9.17) is 0 Å². The van der Waals surface area contributed by atoms with E-state index in [1.54, 1.807) is 37.3 Å². The predicted molar refractivity (Wildman–Crippen MR) is 77.4 cm³/mol. The van der Waals surface area contributed by atoms with Gasteiger partial charge >= 0.3 is 0 Å². The second-order valence-corrected chi connectivity index (χ2v) is 4.82. The summed E-state index contributed by atoms with van der Waals surface area (Å²) < 4.78 is 0. The summed E-state index contributed by atoms with van der Waals surface area (Å²) >= 11 is 0. The lowest BCUT2D eigenvalue weighted by atomic mass is 10.0. The maximum atomic E-state index is 12.5. The maximum Gasteiger partial charge on any atom is 0.269 e. The first kappa shape index (κ1) is 13.1. The Kier molecular flexibility index (Phi) is 2.86. The van der Waals surface area contributed by atoms with E-state index in [1.165, 1.54) is 6.92 Å². The molecule has 0 radical (unpaired) electrons. The number of carbonyl (C=O) groups excluding carboxylic acids is 2. The molecule has 1 aliphatic rings. The van der Waals surface area contributed by atoms with Gasteiger partial charge < -0.3 is 5.11 Å². The van der Waals surface area contributed by atoms with Gasteiger partial charge in [-0.1, -0.05) is 18.2 Å². The van der Waals surface area contributed by atoms with Crippen molar-refractivity contribution in [1.82, 2.24) is 10.2 Å². The normalized spacial score (nSPS) is 16.1. The maximum absolute atomic E-state index is 12.5. The molecule has 0 bridgehead atoms. The van der Waals surface area contributed by atoms with Crippen LogP contribution in [0.5, 0.6) is 0 Å². The molecule has 0 aliphatic carbocycles. The van der Waals surface area contributed by atoms with Crippen molar-refractivity contribution >= 4 is 28.8 Å². The van der Waals surface area contributed by atoms with E-state index in [2.05, 4.69) is 10.2 Å². The molecule has 0 unspecified atom stereocenters. The van der Waals surface area contributed by atoms with Crippen LogP contribution in [0.3, 0.4) is 0 Å². The first-order valence-corrected chi connectivity index (χ1v) is 6.40. The molecule has 0 spiro atoms. The van der Waals surface area contributed by atoms with Crippen LogP contribution in [0.1, 0.15) is 23.9 Å².